The average molecular weight is 556 g/mol. The first-order valence-electron chi connectivity index (χ1n) is 12.5. The fourth-order valence-corrected chi connectivity index (χ4v) is 3.30. The van der Waals surface area contributed by atoms with Gasteiger partial charge in [-0.05, 0) is 56.2 Å². The van der Waals surface area contributed by atoms with E-state index in [0.717, 1.165) is 0 Å². The summed E-state index contributed by atoms with van der Waals surface area (Å²) in [5, 5.41) is 1.04. The van der Waals surface area contributed by atoms with Gasteiger partial charge in [-0.1, -0.05) is 70.0 Å². The molecule has 2 unspecified atom stereocenters. The van der Waals surface area contributed by atoms with Gasteiger partial charge in [-0.2, -0.15) is 0 Å². The molecule has 0 spiro atoms. The summed E-state index contributed by atoms with van der Waals surface area (Å²) in [5.74, 6) is -0.530. The van der Waals surface area contributed by atoms with Crippen LogP contribution in [0.1, 0.15) is 69.2 Å². The van der Waals surface area contributed by atoms with E-state index in [0.29, 0.717) is 47.6 Å². The van der Waals surface area contributed by atoms with Gasteiger partial charge in [0.05, 0.1) is 24.3 Å². The summed E-state index contributed by atoms with van der Waals surface area (Å²) in [5.41, 5.74) is 0.742. The van der Waals surface area contributed by atoms with Crippen molar-refractivity contribution in [1.82, 2.24) is 0 Å². The molecule has 37 heavy (non-hydrogen) atoms. The number of rotatable bonds is 11. The maximum Gasteiger partial charge on any atom is 0.338 e. The van der Waals surface area contributed by atoms with Crippen molar-refractivity contribution >= 4 is 35.1 Å². The summed E-state index contributed by atoms with van der Waals surface area (Å²) in [7, 11) is 0. The number of esters is 2. The molecule has 0 aromatic heterocycles. The second-order valence-electron chi connectivity index (χ2n) is 9.79. The van der Waals surface area contributed by atoms with Crippen LogP contribution in [0.3, 0.4) is 0 Å². The van der Waals surface area contributed by atoms with E-state index in [1.807, 2.05) is 48.5 Å². The van der Waals surface area contributed by atoms with Gasteiger partial charge in [-0.25, -0.2) is 9.59 Å². The molecule has 0 N–H and O–H groups in total. The third-order valence-electron chi connectivity index (χ3n) is 5.30. The summed E-state index contributed by atoms with van der Waals surface area (Å²) in [6, 6.07) is 13.5. The molecule has 0 bridgehead atoms. The molecule has 2 aromatic rings. The van der Waals surface area contributed by atoms with Crippen molar-refractivity contribution in [3.8, 4) is 0 Å². The van der Waals surface area contributed by atoms with Crippen molar-refractivity contribution in [2.24, 2.45) is 11.3 Å². The molecular formula is C29H40Cl2O6. The van der Waals surface area contributed by atoms with Gasteiger partial charge >= 0.3 is 11.9 Å². The number of benzene rings is 2. The van der Waals surface area contributed by atoms with E-state index in [-0.39, 0.29) is 35.5 Å². The Balaban J connectivity index is 0.000000371. The monoisotopic (exact) mass is 554 g/mol. The van der Waals surface area contributed by atoms with Crippen molar-refractivity contribution in [2.45, 2.75) is 60.7 Å². The van der Waals surface area contributed by atoms with E-state index in [2.05, 4.69) is 0 Å². The Morgan fingerprint density at radius 3 is 1.65 bits per heavy atom. The van der Waals surface area contributed by atoms with E-state index in [9.17, 15) is 9.59 Å². The second kappa shape index (κ2) is 16.7. The number of hydrogen-bond donors (Lipinski definition) is 0. The zero-order chi connectivity index (χ0) is 28.0. The number of halogens is 2. The molecule has 2 rings (SSSR count). The van der Waals surface area contributed by atoms with Gasteiger partial charge in [-0.3, -0.25) is 0 Å². The summed E-state index contributed by atoms with van der Waals surface area (Å²) in [4.78, 5) is 24.0. The molecule has 0 saturated carbocycles. The lowest BCUT2D eigenvalue weighted by Gasteiger charge is -2.30. The van der Waals surface area contributed by atoms with Gasteiger partial charge in [0.25, 0.3) is 0 Å². The second-order valence-corrected chi connectivity index (χ2v) is 10.7. The Hall–Kier alpha value is -2.12. The molecule has 206 valence electrons. The minimum Gasteiger partial charge on any atom is -0.456 e. The summed E-state index contributed by atoms with van der Waals surface area (Å²) < 4.78 is 21.7. The molecule has 0 radical (unpaired) electrons. The van der Waals surface area contributed by atoms with Gasteiger partial charge in [0.15, 0.2) is 0 Å². The van der Waals surface area contributed by atoms with Gasteiger partial charge in [0.2, 0.25) is 0 Å². The van der Waals surface area contributed by atoms with E-state index < -0.39 is 0 Å². The maximum absolute atomic E-state index is 12.1. The average Bonchev–Trinajstić information content (AvgIpc) is 2.83. The molecule has 6 nitrogen and oxygen atoms in total. The lowest BCUT2D eigenvalue weighted by molar-refractivity contribution is -0.0428. The van der Waals surface area contributed by atoms with Crippen LogP contribution in [-0.2, 0) is 18.9 Å². The normalized spacial score (nSPS) is 12.8. The zero-order valence-electron chi connectivity index (χ0n) is 22.9. The topological polar surface area (TPSA) is 71.1 Å². The molecule has 0 fully saturated rings. The number of carbonyl (C=O) groups excluding carboxylic acids is 2. The van der Waals surface area contributed by atoms with Crippen LogP contribution in [0.5, 0.6) is 0 Å². The third kappa shape index (κ3) is 12.8. The lowest BCUT2D eigenvalue weighted by Crippen LogP contribution is -2.35. The molecule has 0 heterocycles. The highest BCUT2D eigenvalue weighted by Crippen LogP contribution is 2.24. The Bertz CT molecular complexity index is 971. The smallest absolute Gasteiger partial charge is 0.338 e. The predicted molar refractivity (Wildman–Crippen MR) is 149 cm³/mol. The van der Waals surface area contributed by atoms with Crippen molar-refractivity contribution in [1.29, 1.82) is 0 Å². The highest BCUT2D eigenvalue weighted by Gasteiger charge is 2.29. The molecule has 0 aliphatic rings. The minimum absolute atomic E-state index is 0.177. The zero-order valence-corrected chi connectivity index (χ0v) is 24.4. The van der Waals surface area contributed by atoms with E-state index in [1.165, 1.54) is 0 Å². The highest BCUT2D eigenvalue weighted by atomic mass is 35.5. The molecular weight excluding hydrogens is 515 g/mol. The van der Waals surface area contributed by atoms with Crippen LogP contribution in [0.25, 0.3) is 0 Å². The first-order valence-corrected chi connectivity index (χ1v) is 13.2. The molecule has 0 amide bonds. The molecule has 0 aliphatic carbocycles. The molecule has 2 aromatic carbocycles. The fraction of sp³-hybridized carbons (Fsp3) is 0.517. The first kappa shape index (κ1) is 32.9. The van der Waals surface area contributed by atoms with Crippen LogP contribution in [0.15, 0.2) is 48.5 Å². The fourth-order valence-electron chi connectivity index (χ4n) is 2.92. The molecule has 8 heteroatoms. The lowest BCUT2D eigenvalue weighted by atomic mass is 9.89. The van der Waals surface area contributed by atoms with Crippen LogP contribution < -0.4 is 0 Å². The van der Waals surface area contributed by atoms with Crippen molar-refractivity contribution < 1.29 is 28.5 Å². The van der Waals surface area contributed by atoms with E-state index >= 15 is 0 Å². The van der Waals surface area contributed by atoms with Crippen LogP contribution >= 0.6 is 23.2 Å². The van der Waals surface area contributed by atoms with Gasteiger partial charge < -0.3 is 18.9 Å². The van der Waals surface area contributed by atoms with Crippen LogP contribution in [-0.4, -0.2) is 50.6 Å². The van der Waals surface area contributed by atoms with Crippen molar-refractivity contribution in [2.75, 3.05) is 26.4 Å². The Labute approximate surface area is 231 Å². The maximum atomic E-state index is 12.1. The largest absolute Gasteiger partial charge is 0.456 e. The molecule has 0 saturated heterocycles. The number of carbonyl (C=O) groups is 2. The standard InChI is InChI=1S/C15H21ClO3.C14H19ClO3/c1-5-18-10-13(15(2,3)4)19-14(17)11-7-6-8-12(16)9-11;1-4-17-9-13(10(2)3)18-14(16)11-6-5-7-12(15)8-11/h6-9,13H,5,10H2,1-4H3;5-8,10,13H,4,9H2,1-3H3. The number of hydrogen-bond acceptors (Lipinski definition) is 6. The Morgan fingerprint density at radius 2 is 1.24 bits per heavy atom. The number of ether oxygens (including phenoxy) is 4. The first-order chi connectivity index (χ1) is 17.4. The van der Waals surface area contributed by atoms with Gasteiger partial charge in [0, 0.05) is 28.7 Å². The third-order valence-corrected chi connectivity index (χ3v) is 5.77. The van der Waals surface area contributed by atoms with Crippen LogP contribution in [0.2, 0.25) is 10.0 Å². The summed E-state index contributed by atoms with van der Waals surface area (Å²) in [6.45, 7) is 15.9. The van der Waals surface area contributed by atoms with Gasteiger partial charge in [0.1, 0.15) is 12.2 Å². The van der Waals surface area contributed by atoms with Crippen molar-refractivity contribution in [3.63, 3.8) is 0 Å². The van der Waals surface area contributed by atoms with Crippen LogP contribution in [0.4, 0.5) is 0 Å². The highest BCUT2D eigenvalue weighted by molar-refractivity contribution is 6.31. The van der Waals surface area contributed by atoms with Crippen molar-refractivity contribution in [3.05, 3.63) is 69.7 Å². The van der Waals surface area contributed by atoms with E-state index in [4.69, 9.17) is 42.1 Å². The molecule has 2 atom stereocenters. The summed E-state index contributed by atoms with van der Waals surface area (Å²) in [6.07, 6.45) is -0.532. The SMILES string of the molecule is CCOCC(OC(=O)c1cccc(Cl)c1)C(C)(C)C.CCOCC(OC(=O)c1cccc(Cl)c1)C(C)C. The Kier molecular flexibility index (Phi) is 14.8. The summed E-state index contributed by atoms with van der Waals surface area (Å²) >= 11 is 11.7. The molecule has 0 aliphatic heterocycles. The van der Waals surface area contributed by atoms with Gasteiger partial charge in [-0.15, -0.1) is 0 Å². The quantitative estimate of drug-likeness (QED) is 0.267. The predicted octanol–water partition coefficient (Wildman–Crippen LogP) is 7.51. The van der Waals surface area contributed by atoms with E-state index in [1.54, 1.807) is 48.5 Å². The van der Waals surface area contributed by atoms with Crippen LogP contribution in [0, 0.1) is 11.3 Å². The minimum atomic E-state index is -0.373. The Morgan fingerprint density at radius 1 is 0.784 bits per heavy atom.